The first-order chi connectivity index (χ1) is 12.4. The van der Waals surface area contributed by atoms with Crippen LogP contribution in [0.2, 0.25) is 0 Å². The maximum atomic E-state index is 13.9. The molecule has 0 saturated heterocycles. The third kappa shape index (κ3) is 7.20. The highest BCUT2D eigenvalue weighted by molar-refractivity contribution is 5.18. The monoisotopic (exact) mass is 363 g/mol. The summed E-state index contributed by atoms with van der Waals surface area (Å²) >= 11 is 0. The SMILES string of the molecule is CC(C)CN(Cc1ccc(F)cc1F)CC(O)COCc1ccccc1. The molecule has 0 fully saturated rings. The largest absolute Gasteiger partial charge is 0.389 e. The third-order valence-corrected chi connectivity index (χ3v) is 3.92. The summed E-state index contributed by atoms with van der Waals surface area (Å²) in [6.07, 6.45) is -0.680. The van der Waals surface area contributed by atoms with Crippen LogP contribution in [0, 0.1) is 17.6 Å². The Balaban J connectivity index is 1.87. The standard InChI is InChI=1S/C21H27F2NO2/c1-16(2)11-24(12-18-8-9-19(22)10-21(18)23)13-20(25)15-26-14-17-6-4-3-5-7-17/h3-10,16,20,25H,11-15H2,1-2H3. The van der Waals surface area contributed by atoms with Gasteiger partial charge in [0.05, 0.1) is 19.3 Å². The van der Waals surface area contributed by atoms with Crippen molar-refractivity contribution in [1.82, 2.24) is 4.90 Å². The van der Waals surface area contributed by atoms with E-state index >= 15 is 0 Å². The van der Waals surface area contributed by atoms with E-state index in [1.807, 2.05) is 35.2 Å². The summed E-state index contributed by atoms with van der Waals surface area (Å²) in [6.45, 7) is 6.15. The van der Waals surface area contributed by atoms with E-state index in [-0.39, 0.29) is 6.61 Å². The lowest BCUT2D eigenvalue weighted by molar-refractivity contribution is 0.00662. The van der Waals surface area contributed by atoms with Gasteiger partial charge < -0.3 is 9.84 Å². The molecular weight excluding hydrogens is 336 g/mol. The van der Waals surface area contributed by atoms with Crippen molar-refractivity contribution >= 4 is 0 Å². The molecule has 2 rings (SSSR count). The molecule has 0 aliphatic rings. The summed E-state index contributed by atoms with van der Waals surface area (Å²) in [4.78, 5) is 1.97. The molecule has 0 saturated carbocycles. The lowest BCUT2D eigenvalue weighted by Crippen LogP contribution is -2.37. The molecule has 0 bridgehead atoms. The number of hydrogen-bond acceptors (Lipinski definition) is 3. The molecule has 0 radical (unpaired) electrons. The molecule has 0 amide bonds. The van der Waals surface area contributed by atoms with E-state index in [0.717, 1.165) is 11.6 Å². The van der Waals surface area contributed by atoms with E-state index < -0.39 is 17.7 Å². The summed E-state index contributed by atoms with van der Waals surface area (Å²) in [7, 11) is 0. The molecule has 0 aliphatic carbocycles. The first-order valence-corrected chi connectivity index (χ1v) is 8.90. The van der Waals surface area contributed by atoms with Crippen LogP contribution in [0.15, 0.2) is 48.5 Å². The molecule has 5 heteroatoms. The third-order valence-electron chi connectivity index (χ3n) is 3.92. The van der Waals surface area contributed by atoms with Gasteiger partial charge in [-0.15, -0.1) is 0 Å². The molecule has 1 unspecified atom stereocenters. The van der Waals surface area contributed by atoms with Crippen molar-refractivity contribution in [3.8, 4) is 0 Å². The Morgan fingerprint density at radius 1 is 1.04 bits per heavy atom. The zero-order chi connectivity index (χ0) is 18.9. The van der Waals surface area contributed by atoms with E-state index in [1.165, 1.54) is 12.1 Å². The summed E-state index contributed by atoms with van der Waals surface area (Å²) in [5, 5.41) is 10.3. The van der Waals surface area contributed by atoms with Gasteiger partial charge in [0, 0.05) is 31.3 Å². The lowest BCUT2D eigenvalue weighted by atomic mass is 10.1. The number of aliphatic hydroxyl groups excluding tert-OH is 1. The molecule has 142 valence electrons. The smallest absolute Gasteiger partial charge is 0.130 e. The second kappa shape index (κ2) is 10.4. The maximum absolute atomic E-state index is 13.9. The van der Waals surface area contributed by atoms with Gasteiger partial charge in [0.2, 0.25) is 0 Å². The Morgan fingerprint density at radius 3 is 2.42 bits per heavy atom. The fourth-order valence-electron chi connectivity index (χ4n) is 2.85. The summed E-state index contributed by atoms with van der Waals surface area (Å²) in [6, 6.07) is 13.4. The van der Waals surface area contributed by atoms with Crippen molar-refractivity contribution in [2.75, 3.05) is 19.7 Å². The Kier molecular flexibility index (Phi) is 8.16. The number of ether oxygens (including phenoxy) is 1. The highest BCUT2D eigenvalue weighted by Gasteiger charge is 2.16. The van der Waals surface area contributed by atoms with Crippen LogP contribution < -0.4 is 0 Å². The van der Waals surface area contributed by atoms with Crippen molar-refractivity contribution in [1.29, 1.82) is 0 Å². The molecular formula is C21H27F2NO2. The van der Waals surface area contributed by atoms with Gasteiger partial charge in [0.1, 0.15) is 11.6 Å². The zero-order valence-electron chi connectivity index (χ0n) is 15.4. The number of benzene rings is 2. The van der Waals surface area contributed by atoms with Crippen LogP contribution in [0.25, 0.3) is 0 Å². The van der Waals surface area contributed by atoms with E-state index in [4.69, 9.17) is 4.74 Å². The summed E-state index contributed by atoms with van der Waals surface area (Å²) < 4.78 is 32.6. The van der Waals surface area contributed by atoms with Crippen molar-refractivity contribution in [2.45, 2.75) is 33.1 Å². The minimum Gasteiger partial charge on any atom is -0.389 e. The first-order valence-electron chi connectivity index (χ1n) is 8.90. The predicted octanol–water partition coefficient (Wildman–Crippen LogP) is 4.00. The summed E-state index contributed by atoms with van der Waals surface area (Å²) in [5.41, 5.74) is 1.47. The van der Waals surface area contributed by atoms with Crippen LogP contribution in [0.3, 0.4) is 0 Å². The quantitative estimate of drug-likeness (QED) is 0.693. The average Bonchev–Trinajstić information content (AvgIpc) is 2.57. The van der Waals surface area contributed by atoms with E-state index in [2.05, 4.69) is 13.8 Å². The molecule has 1 N–H and O–H groups in total. The lowest BCUT2D eigenvalue weighted by Gasteiger charge is -2.27. The molecule has 0 aromatic heterocycles. The van der Waals surface area contributed by atoms with Crippen molar-refractivity contribution in [2.24, 2.45) is 5.92 Å². The first kappa shape index (κ1) is 20.5. The second-order valence-electron chi connectivity index (χ2n) is 6.98. The maximum Gasteiger partial charge on any atom is 0.130 e. The molecule has 0 spiro atoms. The second-order valence-corrected chi connectivity index (χ2v) is 6.98. The van der Waals surface area contributed by atoms with Gasteiger partial charge >= 0.3 is 0 Å². The molecule has 1 atom stereocenters. The van der Waals surface area contributed by atoms with Gasteiger partial charge in [-0.25, -0.2) is 8.78 Å². The van der Waals surface area contributed by atoms with Crippen LogP contribution in [-0.2, 0) is 17.9 Å². The predicted molar refractivity (Wildman–Crippen MR) is 98.6 cm³/mol. The van der Waals surface area contributed by atoms with Crippen LogP contribution in [0.4, 0.5) is 8.78 Å². The Morgan fingerprint density at radius 2 is 1.77 bits per heavy atom. The van der Waals surface area contributed by atoms with Crippen LogP contribution in [0.1, 0.15) is 25.0 Å². The van der Waals surface area contributed by atoms with Gasteiger partial charge in [-0.05, 0) is 17.5 Å². The number of aliphatic hydroxyl groups is 1. The minimum atomic E-state index is -0.680. The molecule has 0 aliphatic heterocycles. The number of hydrogen-bond donors (Lipinski definition) is 1. The fraction of sp³-hybridized carbons (Fsp3) is 0.429. The summed E-state index contributed by atoms with van der Waals surface area (Å²) in [5.74, 6) is -0.791. The average molecular weight is 363 g/mol. The van der Waals surface area contributed by atoms with Crippen molar-refractivity contribution in [3.63, 3.8) is 0 Å². The van der Waals surface area contributed by atoms with Gasteiger partial charge in [0.15, 0.2) is 0 Å². The van der Waals surface area contributed by atoms with E-state index in [0.29, 0.717) is 37.7 Å². The zero-order valence-corrected chi connectivity index (χ0v) is 15.4. The number of rotatable bonds is 10. The molecule has 3 nitrogen and oxygen atoms in total. The molecule has 0 heterocycles. The van der Waals surface area contributed by atoms with Crippen LogP contribution in [0.5, 0.6) is 0 Å². The fourth-order valence-corrected chi connectivity index (χ4v) is 2.85. The topological polar surface area (TPSA) is 32.7 Å². The normalized spacial score (nSPS) is 12.7. The highest BCUT2D eigenvalue weighted by Crippen LogP contribution is 2.14. The molecule has 2 aromatic rings. The molecule has 26 heavy (non-hydrogen) atoms. The van der Waals surface area contributed by atoms with Gasteiger partial charge in [-0.3, -0.25) is 4.90 Å². The number of nitrogens with zero attached hydrogens (tertiary/aromatic N) is 1. The Labute approximate surface area is 154 Å². The molecule has 2 aromatic carbocycles. The minimum absolute atomic E-state index is 0.204. The Bertz CT molecular complexity index is 664. The van der Waals surface area contributed by atoms with Crippen LogP contribution >= 0.6 is 0 Å². The van der Waals surface area contributed by atoms with Gasteiger partial charge in [-0.2, -0.15) is 0 Å². The van der Waals surface area contributed by atoms with Crippen molar-refractivity contribution in [3.05, 3.63) is 71.3 Å². The number of halogens is 2. The Hall–Kier alpha value is -1.82. The van der Waals surface area contributed by atoms with Gasteiger partial charge in [-0.1, -0.05) is 50.2 Å². The van der Waals surface area contributed by atoms with Gasteiger partial charge in [0.25, 0.3) is 0 Å². The van der Waals surface area contributed by atoms with Crippen molar-refractivity contribution < 1.29 is 18.6 Å². The van der Waals surface area contributed by atoms with E-state index in [9.17, 15) is 13.9 Å². The van der Waals surface area contributed by atoms with E-state index in [1.54, 1.807) is 0 Å². The van der Waals surface area contributed by atoms with Crippen LogP contribution in [-0.4, -0.2) is 35.8 Å². The highest BCUT2D eigenvalue weighted by atomic mass is 19.1.